The van der Waals surface area contributed by atoms with Gasteiger partial charge in [0.15, 0.2) is 0 Å². The first-order valence-corrected chi connectivity index (χ1v) is 7.48. The van der Waals surface area contributed by atoms with E-state index in [9.17, 15) is 0 Å². The third-order valence-electron chi connectivity index (χ3n) is 1.83. The maximum absolute atomic E-state index is 5.83. The van der Waals surface area contributed by atoms with Crippen LogP contribution < -0.4 is 0 Å². The molecule has 0 saturated carbocycles. The quantitative estimate of drug-likeness (QED) is 0.611. The molecule has 0 aromatic carbocycles. The van der Waals surface area contributed by atoms with E-state index < -0.39 is 9.28 Å². The van der Waals surface area contributed by atoms with Crippen molar-refractivity contribution in [1.29, 1.82) is 0 Å². The second kappa shape index (κ2) is 7.43. The van der Waals surface area contributed by atoms with Gasteiger partial charge in [-0.15, -0.1) is 0 Å². The van der Waals surface area contributed by atoms with Crippen molar-refractivity contribution < 1.29 is 8.85 Å². The maximum atomic E-state index is 5.83. The van der Waals surface area contributed by atoms with Crippen LogP contribution in [0.5, 0.6) is 0 Å². The molecule has 0 aliphatic heterocycles. The Morgan fingerprint density at radius 1 is 0.857 bits per heavy atom. The first kappa shape index (κ1) is 14.1. The highest BCUT2D eigenvalue weighted by atomic mass is 28.3. The predicted molar refractivity (Wildman–Crippen MR) is 63.9 cm³/mol. The Hall–Kier alpha value is 0.137. The fourth-order valence-corrected chi connectivity index (χ4v) is 3.73. The molecule has 0 radical (unpaired) electrons. The Bertz CT molecular complexity index is 125. The molecular formula is C11H26O2Si. The van der Waals surface area contributed by atoms with Gasteiger partial charge < -0.3 is 8.85 Å². The van der Waals surface area contributed by atoms with Crippen molar-refractivity contribution in [3.63, 3.8) is 0 Å². The molecule has 0 bridgehead atoms. The SMILES string of the molecule is CC(C)CC[SiH](OC(C)C)OC(C)C. The lowest BCUT2D eigenvalue weighted by atomic mass is 10.2. The predicted octanol–water partition coefficient (Wildman–Crippen LogP) is 3.10. The zero-order valence-corrected chi connectivity index (χ0v) is 11.7. The van der Waals surface area contributed by atoms with E-state index in [-0.39, 0.29) is 0 Å². The van der Waals surface area contributed by atoms with Crippen LogP contribution in [0.1, 0.15) is 48.0 Å². The van der Waals surface area contributed by atoms with Gasteiger partial charge in [0.2, 0.25) is 0 Å². The maximum Gasteiger partial charge on any atom is 0.321 e. The summed E-state index contributed by atoms with van der Waals surface area (Å²) < 4.78 is 11.7. The van der Waals surface area contributed by atoms with Gasteiger partial charge >= 0.3 is 9.28 Å². The zero-order valence-electron chi connectivity index (χ0n) is 10.5. The lowest BCUT2D eigenvalue weighted by Crippen LogP contribution is -2.29. The van der Waals surface area contributed by atoms with Gasteiger partial charge in [-0.1, -0.05) is 13.8 Å². The highest BCUT2D eigenvalue weighted by Gasteiger charge is 2.17. The van der Waals surface area contributed by atoms with Crippen LogP contribution in [-0.2, 0) is 8.85 Å². The molecule has 0 spiro atoms. The number of hydrogen-bond donors (Lipinski definition) is 0. The summed E-state index contributed by atoms with van der Waals surface area (Å²) in [6.45, 7) is 12.8. The molecule has 0 atom stereocenters. The summed E-state index contributed by atoms with van der Waals surface area (Å²) >= 11 is 0. The minimum Gasteiger partial charge on any atom is -0.394 e. The van der Waals surface area contributed by atoms with Crippen LogP contribution in [0.25, 0.3) is 0 Å². The first-order chi connectivity index (χ1) is 6.41. The lowest BCUT2D eigenvalue weighted by molar-refractivity contribution is 0.128. The monoisotopic (exact) mass is 218 g/mol. The summed E-state index contributed by atoms with van der Waals surface area (Å²) in [5, 5.41) is 0. The van der Waals surface area contributed by atoms with Crippen LogP contribution in [0.3, 0.4) is 0 Å². The molecule has 0 aromatic rings. The standard InChI is InChI=1S/C11H26O2Si/c1-9(2)7-8-14(12-10(3)4)13-11(5)6/h9-11,14H,7-8H2,1-6H3. The van der Waals surface area contributed by atoms with Crippen molar-refractivity contribution in [1.82, 2.24) is 0 Å². The van der Waals surface area contributed by atoms with E-state index in [1.807, 2.05) is 0 Å². The second-order valence-corrected chi connectivity index (χ2v) is 6.75. The summed E-state index contributed by atoms with van der Waals surface area (Å²) in [5.41, 5.74) is 0. The molecule has 0 amide bonds. The van der Waals surface area contributed by atoms with E-state index >= 15 is 0 Å². The third kappa shape index (κ3) is 8.72. The van der Waals surface area contributed by atoms with Gasteiger partial charge in [-0.05, 0) is 46.1 Å². The van der Waals surface area contributed by atoms with E-state index in [1.165, 1.54) is 6.42 Å². The molecule has 0 heterocycles. The van der Waals surface area contributed by atoms with Crippen molar-refractivity contribution in [3.8, 4) is 0 Å². The van der Waals surface area contributed by atoms with Crippen LogP contribution >= 0.6 is 0 Å². The Balaban J connectivity index is 3.84. The van der Waals surface area contributed by atoms with Crippen molar-refractivity contribution >= 4 is 9.28 Å². The number of hydrogen-bond acceptors (Lipinski definition) is 2. The van der Waals surface area contributed by atoms with Crippen molar-refractivity contribution in [2.75, 3.05) is 0 Å². The molecule has 0 rings (SSSR count). The molecule has 0 aliphatic carbocycles. The molecular weight excluding hydrogens is 192 g/mol. The van der Waals surface area contributed by atoms with Gasteiger partial charge in [0.25, 0.3) is 0 Å². The molecule has 0 unspecified atom stereocenters. The van der Waals surface area contributed by atoms with E-state index in [0.717, 1.165) is 12.0 Å². The minimum absolute atomic E-state index is 0.303. The molecule has 3 heteroatoms. The van der Waals surface area contributed by atoms with Crippen molar-refractivity contribution in [2.24, 2.45) is 5.92 Å². The van der Waals surface area contributed by atoms with Gasteiger partial charge in [-0.25, -0.2) is 0 Å². The largest absolute Gasteiger partial charge is 0.394 e. The molecule has 14 heavy (non-hydrogen) atoms. The Morgan fingerprint density at radius 3 is 1.57 bits per heavy atom. The molecule has 86 valence electrons. The topological polar surface area (TPSA) is 18.5 Å². The van der Waals surface area contributed by atoms with Gasteiger partial charge in [0.1, 0.15) is 0 Å². The van der Waals surface area contributed by atoms with Crippen molar-refractivity contribution in [2.45, 2.75) is 66.2 Å². The fraction of sp³-hybridized carbons (Fsp3) is 1.00. The fourth-order valence-electron chi connectivity index (χ4n) is 1.24. The summed E-state index contributed by atoms with van der Waals surface area (Å²) in [5.74, 6) is 0.747. The lowest BCUT2D eigenvalue weighted by Gasteiger charge is -2.22. The average molecular weight is 218 g/mol. The molecule has 0 aliphatic rings. The average Bonchev–Trinajstić information content (AvgIpc) is 1.97. The van der Waals surface area contributed by atoms with Crippen LogP contribution in [0.15, 0.2) is 0 Å². The highest BCUT2D eigenvalue weighted by molar-refractivity contribution is 6.44. The van der Waals surface area contributed by atoms with Crippen molar-refractivity contribution in [3.05, 3.63) is 0 Å². The minimum atomic E-state index is -1.41. The van der Waals surface area contributed by atoms with Crippen LogP contribution in [0, 0.1) is 5.92 Å². The van der Waals surface area contributed by atoms with Gasteiger partial charge in [-0.3, -0.25) is 0 Å². The Morgan fingerprint density at radius 2 is 1.29 bits per heavy atom. The number of rotatable bonds is 7. The molecule has 0 saturated heterocycles. The summed E-state index contributed by atoms with van der Waals surface area (Å²) in [4.78, 5) is 0. The van der Waals surface area contributed by atoms with E-state index in [2.05, 4.69) is 41.5 Å². The molecule has 0 fully saturated rings. The van der Waals surface area contributed by atoms with E-state index in [0.29, 0.717) is 12.2 Å². The molecule has 0 aromatic heterocycles. The Labute approximate surface area is 90.8 Å². The smallest absolute Gasteiger partial charge is 0.321 e. The van der Waals surface area contributed by atoms with Crippen LogP contribution in [0.2, 0.25) is 6.04 Å². The van der Waals surface area contributed by atoms with Crippen LogP contribution in [0.4, 0.5) is 0 Å². The first-order valence-electron chi connectivity index (χ1n) is 5.72. The summed E-state index contributed by atoms with van der Waals surface area (Å²) in [6.07, 6.45) is 1.83. The molecule has 2 nitrogen and oxygen atoms in total. The summed E-state index contributed by atoms with van der Waals surface area (Å²) in [6, 6.07) is 1.13. The molecule has 0 N–H and O–H groups in total. The normalized spacial score (nSPS) is 12.4. The third-order valence-corrected chi connectivity index (χ3v) is 4.33. The van der Waals surface area contributed by atoms with Gasteiger partial charge in [0.05, 0.1) is 0 Å². The summed E-state index contributed by atoms with van der Waals surface area (Å²) in [7, 11) is -1.41. The Kier molecular flexibility index (Phi) is 7.50. The zero-order chi connectivity index (χ0) is 11.1. The van der Waals surface area contributed by atoms with Gasteiger partial charge in [-0.2, -0.15) is 0 Å². The van der Waals surface area contributed by atoms with Gasteiger partial charge in [0, 0.05) is 12.2 Å². The highest BCUT2D eigenvalue weighted by Crippen LogP contribution is 2.12. The van der Waals surface area contributed by atoms with E-state index in [4.69, 9.17) is 8.85 Å². The second-order valence-electron chi connectivity index (χ2n) is 4.77. The van der Waals surface area contributed by atoms with Crippen LogP contribution in [-0.4, -0.2) is 21.5 Å². The van der Waals surface area contributed by atoms with E-state index in [1.54, 1.807) is 0 Å².